The summed E-state index contributed by atoms with van der Waals surface area (Å²) in [5.41, 5.74) is -0.508. The Labute approximate surface area is 195 Å². The molecule has 168 valence electrons. The van der Waals surface area contributed by atoms with Crippen LogP contribution in [0.15, 0.2) is 4.99 Å². The number of carbonyl (C=O) groups excluding carboxylic acids is 1. The molecular weight excluding hydrogens is 529 g/mol. The number of carbonyl (C=O) groups is 1. The molecule has 0 aliphatic carbocycles. The van der Waals surface area contributed by atoms with Crippen molar-refractivity contribution in [2.45, 2.75) is 32.4 Å². The summed E-state index contributed by atoms with van der Waals surface area (Å²) in [5.74, 6) is 2.53. The third-order valence-corrected chi connectivity index (χ3v) is 7.68. The van der Waals surface area contributed by atoms with Crippen LogP contribution in [0.4, 0.5) is 4.79 Å². The molecular formula is C17H32IN5O4S2. The van der Waals surface area contributed by atoms with Crippen molar-refractivity contribution < 1.29 is 17.9 Å². The first-order valence-corrected chi connectivity index (χ1v) is 12.5. The molecule has 0 aromatic rings. The number of piperazine rings is 1. The first kappa shape index (κ1) is 24.8. The molecule has 3 rings (SSSR count). The van der Waals surface area contributed by atoms with E-state index in [2.05, 4.69) is 15.2 Å². The molecule has 0 radical (unpaired) electrons. The number of hydrogen-bond donors (Lipinski definition) is 1. The highest BCUT2D eigenvalue weighted by Crippen LogP contribution is 2.19. The van der Waals surface area contributed by atoms with Gasteiger partial charge in [0.05, 0.1) is 18.3 Å². The first-order valence-electron chi connectivity index (χ1n) is 9.74. The van der Waals surface area contributed by atoms with E-state index in [1.165, 1.54) is 0 Å². The average Bonchev–Trinajstić information content (AvgIpc) is 3.03. The largest absolute Gasteiger partial charge is 0.444 e. The topological polar surface area (TPSA) is 94.5 Å². The molecule has 3 aliphatic rings. The lowest BCUT2D eigenvalue weighted by molar-refractivity contribution is 0.0137. The number of guanidine groups is 1. The smallest absolute Gasteiger partial charge is 0.410 e. The molecule has 3 aliphatic heterocycles. The second-order valence-electron chi connectivity index (χ2n) is 8.19. The lowest BCUT2D eigenvalue weighted by Crippen LogP contribution is -2.57. The summed E-state index contributed by atoms with van der Waals surface area (Å²) in [6.45, 7) is 9.50. The molecule has 0 aromatic carbocycles. The van der Waals surface area contributed by atoms with E-state index in [1.807, 2.05) is 20.8 Å². The summed E-state index contributed by atoms with van der Waals surface area (Å²) in [4.78, 5) is 20.7. The summed E-state index contributed by atoms with van der Waals surface area (Å²) in [7, 11) is -3.23. The van der Waals surface area contributed by atoms with Crippen molar-refractivity contribution in [3.63, 3.8) is 0 Å². The fourth-order valence-electron chi connectivity index (χ4n) is 3.47. The van der Waals surface area contributed by atoms with Gasteiger partial charge in [-0.05, 0) is 20.8 Å². The van der Waals surface area contributed by atoms with Crippen LogP contribution in [0, 0.1) is 0 Å². The number of nitrogens with one attached hydrogen (secondary N) is 1. The Hall–Kier alpha value is -0.470. The maximum Gasteiger partial charge on any atom is 0.410 e. The monoisotopic (exact) mass is 561 g/mol. The van der Waals surface area contributed by atoms with E-state index in [-0.39, 0.29) is 41.9 Å². The molecule has 2 fully saturated rings. The fourth-order valence-corrected chi connectivity index (χ4v) is 5.96. The summed E-state index contributed by atoms with van der Waals surface area (Å²) in [6.07, 6.45) is -0.292. The molecule has 1 N–H and O–H groups in total. The highest BCUT2D eigenvalue weighted by molar-refractivity contribution is 14.0. The highest BCUT2D eigenvalue weighted by Gasteiger charge is 2.36. The van der Waals surface area contributed by atoms with Crippen molar-refractivity contribution in [3.05, 3.63) is 0 Å². The molecule has 0 aromatic heterocycles. The Kier molecular flexibility index (Phi) is 8.74. The van der Waals surface area contributed by atoms with E-state index in [0.717, 1.165) is 17.5 Å². The Morgan fingerprint density at radius 1 is 1.24 bits per heavy atom. The van der Waals surface area contributed by atoms with E-state index < -0.39 is 15.6 Å². The number of rotatable bonds is 4. The van der Waals surface area contributed by atoms with Crippen LogP contribution in [0.25, 0.3) is 0 Å². The molecule has 1 unspecified atom stereocenters. The van der Waals surface area contributed by atoms with Crippen molar-refractivity contribution in [2.24, 2.45) is 4.99 Å². The van der Waals surface area contributed by atoms with E-state index >= 15 is 0 Å². The van der Waals surface area contributed by atoms with Gasteiger partial charge in [-0.25, -0.2) is 17.5 Å². The summed E-state index contributed by atoms with van der Waals surface area (Å²) in [5, 5.41) is 3.19. The Morgan fingerprint density at radius 3 is 2.59 bits per heavy atom. The van der Waals surface area contributed by atoms with Crippen molar-refractivity contribution in [1.29, 1.82) is 0 Å². The van der Waals surface area contributed by atoms with Crippen molar-refractivity contribution in [3.8, 4) is 0 Å². The number of nitrogens with zero attached hydrogens (tertiary/aromatic N) is 4. The molecule has 2 saturated heterocycles. The van der Waals surface area contributed by atoms with Crippen molar-refractivity contribution in [1.82, 2.24) is 19.4 Å². The van der Waals surface area contributed by atoms with E-state index in [0.29, 0.717) is 45.8 Å². The lowest BCUT2D eigenvalue weighted by Gasteiger charge is -2.39. The zero-order chi connectivity index (χ0) is 20.4. The molecule has 0 bridgehead atoms. The van der Waals surface area contributed by atoms with Gasteiger partial charge in [-0.15, -0.1) is 24.0 Å². The number of aliphatic imine (C=N–C) groups is 1. The number of hydrogen-bond acceptors (Lipinski definition) is 8. The Morgan fingerprint density at radius 2 is 1.93 bits per heavy atom. The minimum Gasteiger partial charge on any atom is -0.444 e. The lowest BCUT2D eigenvalue weighted by atomic mass is 10.2. The van der Waals surface area contributed by atoms with Gasteiger partial charge in [0.15, 0.2) is 5.96 Å². The van der Waals surface area contributed by atoms with Gasteiger partial charge in [0.25, 0.3) is 0 Å². The zero-order valence-electron chi connectivity index (χ0n) is 17.3. The maximum absolute atomic E-state index is 12.4. The van der Waals surface area contributed by atoms with Crippen LogP contribution in [0.1, 0.15) is 20.8 Å². The minimum atomic E-state index is -3.23. The van der Waals surface area contributed by atoms with Crippen LogP contribution >= 0.6 is 35.7 Å². The average molecular weight is 562 g/mol. The molecule has 0 spiro atoms. The van der Waals surface area contributed by atoms with Crippen LogP contribution < -0.4 is 5.32 Å². The van der Waals surface area contributed by atoms with Crippen LogP contribution in [0.5, 0.6) is 0 Å². The summed E-state index contributed by atoms with van der Waals surface area (Å²) >= 11 is 1.79. The first-order chi connectivity index (χ1) is 13.2. The summed E-state index contributed by atoms with van der Waals surface area (Å²) < 4.78 is 31.9. The van der Waals surface area contributed by atoms with E-state index in [9.17, 15) is 13.2 Å². The van der Waals surface area contributed by atoms with Crippen LogP contribution in [0.3, 0.4) is 0 Å². The summed E-state index contributed by atoms with van der Waals surface area (Å²) in [6, 6.07) is 0.111. The van der Waals surface area contributed by atoms with Gasteiger partial charge in [0.1, 0.15) is 5.60 Å². The Balaban J connectivity index is 0.00000300. The van der Waals surface area contributed by atoms with Gasteiger partial charge in [-0.1, -0.05) is 0 Å². The van der Waals surface area contributed by atoms with Gasteiger partial charge in [-0.3, -0.25) is 4.99 Å². The van der Waals surface area contributed by atoms with Crippen molar-refractivity contribution >= 4 is 57.8 Å². The zero-order valence-corrected chi connectivity index (χ0v) is 21.3. The van der Waals surface area contributed by atoms with Crippen LogP contribution in [-0.4, -0.2) is 109 Å². The molecule has 12 heteroatoms. The number of fused-ring (bicyclic) bond motifs is 1. The van der Waals surface area contributed by atoms with Crippen molar-refractivity contribution in [2.75, 3.05) is 63.1 Å². The third-order valence-electron chi connectivity index (χ3n) is 4.86. The van der Waals surface area contributed by atoms with Gasteiger partial charge in [0, 0.05) is 50.8 Å². The van der Waals surface area contributed by atoms with Gasteiger partial charge >= 0.3 is 6.09 Å². The number of thioether (sulfide) groups is 1. The van der Waals surface area contributed by atoms with Gasteiger partial charge < -0.3 is 19.9 Å². The predicted octanol–water partition coefficient (Wildman–Crippen LogP) is 0.864. The Bertz CT molecular complexity index is 707. The SMILES string of the molecule is CC(C)(C)OC(=O)N1CCN2C(NCCS(=O)(=O)N3CCSCC3)=NCC2C1.I. The molecule has 9 nitrogen and oxygen atoms in total. The highest BCUT2D eigenvalue weighted by atomic mass is 127. The minimum absolute atomic E-state index is 0. The molecule has 3 heterocycles. The molecule has 0 saturated carbocycles. The third kappa shape index (κ3) is 6.76. The second-order valence-corrected chi connectivity index (χ2v) is 11.5. The van der Waals surface area contributed by atoms with Crippen LogP contribution in [-0.2, 0) is 14.8 Å². The quantitative estimate of drug-likeness (QED) is 0.509. The van der Waals surface area contributed by atoms with Crippen LogP contribution in [0.2, 0.25) is 0 Å². The molecule has 1 atom stereocenters. The number of halogens is 1. The van der Waals surface area contributed by atoms with Gasteiger partial charge in [-0.2, -0.15) is 11.8 Å². The van der Waals surface area contributed by atoms with Gasteiger partial charge in [0.2, 0.25) is 10.0 Å². The second kappa shape index (κ2) is 10.2. The molecule has 1 amide bonds. The standard InChI is InChI=1S/C17H31N5O4S2.HI/c1-17(2,3)26-16(23)20-5-6-22-14(13-20)12-19-15(22)18-4-11-28(24,25)21-7-9-27-10-8-21;/h14H,4-13H2,1-3H3,(H,18,19);1H. The maximum atomic E-state index is 12.4. The van der Waals surface area contributed by atoms with E-state index in [1.54, 1.807) is 21.0 Å². The number of ether oxygens (including phenoxy) is 1. The number of sulfonamides is 1. The fraction of sp³-hybridized carbons (Fsp3) is 0.882. The predicted molar refractivity (Wildman–Crippen MR) is 127 cm³/mol. The number of amides is 1. The van der Waals surface area contributed by atoms with E-state index in [4.69, 9.17) is 4.74 Å². The molecule has 29 heavy (non-hydrogen) atoms. The normalized spacial score (nSPS) is 23.1.